The van der Waals surface area contributed by atoms with Gasteiger partial charge in [-0.05, 0) is 37.0 Å². The highest BCUT2D eigenvalue weighted by Crippen LogP contribution is 2.21. The number of piperidine rings is 1. The van der Waals surface area contributed by atoms with Crippen LogP contribution in [-0.4, -0.2) is 70.4 Å². The van der Waals surface area contributed by atoms with Gasteiger partial charge in [0.25, 0.3) is 0 Å². The van der Waals surface area contributed by atoms with Gasteiger partial charge in [-0.25, -0.2) is 0 Å². The Morgan fingerprint density at radius 3 is 2.70 bits per heavy atom. The van der Waals surface area contributed by atoms with E-state index in [-0.39, 0.29) is 29.9 Å². The molecule has 2 fully saturated rings. The first kappa shape index (κ1) is 24.9. The third-order valence-electron chi connectivity index (χ3n) is 5.60. The molecule has 7 nitrogen and oxygen atoms in total. The number of hydrogen-bond donors (Lipinski definition) is 1. The van der Waals surface area contributed by atoms with Crippen molar-refractivity contribution < 1.29 is 14.3 Å². The molecule has 2 heterocycles. The van der Waals surface area contributed by atoms with Crippen molar-refractivity contribution in [1.82, 2.24) is 10.2 Å². The van der Waals surface area contributed by atoms with Crippen molar-refractivity contribution in [2.75, 3.05) is 58.5 Å². The molecule has 0 radical (unpaired) electrons. The molecule has 1 amide bonds. The molecule has 1 unspecified atom stereocenters. The Morgan fingerprint density at radius 1 is 1.20 bits per heavy atom. The number of guanidine groups is 1. The van der Waals surface area contributed by atoms with Gasteiger partial charge in [0.05, 0.1) is 19.8 Å². The minimum absolute atomic E-state index is 0. The molecule has 2 saturated heterocycles. The summed E-state index contributed by atoms with van der Waals surface area (Å²) in [5.74, 6) is 1.70. The van der Waals surface area contributed by atoms with Gasteiger partial charge in [-0.2, -0.15) is 0 Å². The molecule has 1 atom stereocenters. The number of methoxy groups -OCH3 is 1. The Hall–Kier alpha value is -1.39. The molecule has 0 aromatic heterocycles. The van der Waals surface area contributed by atoms with Crippen LogP contribution in [0.5, 0.6) is 0 Å². The maximum Gasteiger partial charge on any atom is 0.226 e. The molecule has 1 aromatic rings. The first-order chi connectivity index (χ1) is 14.2. The van der Waals surface area contributed by atoms with E-state index in [9.17, 15) is 4.79 Å². The van der Waals surface area contributed by atoms with Crippen molar-refractivity contribution in [3.8, 4) is 0 Å². The zero-order valence-corrected chi connectivity index (χ0v) is 20.5. The summed E-state index contributed by atoms with van der Waals surface area (Å²) < 4.78 is 10.7. The van der Waals surface area contributed by atoms with Gasteiger partial charge in [0.1, 0.15) is 0 Å². The van der Waals surface area contributed by atoms with Crippen molar-refractivity contribution in [3.05, 3.63) is 29.8 Å². The molecule has 2 aliphatic rings. The van der Waals surface area contributed by atoms with Crippen molar-refractivity contribution in [1.29, 1.82) is 0 Å². The van der Waals surface area contributed by atoms with Gasteiger partial charge in [-0.3, -0.25) is 9.79 Å². The first-order valence-electron chi connectivity index (χ1n) is 10.6. The quantitative estimate of drug-likeness (QED) is 0.243. The number of carbonyl (C=O) groups excluding carboxylic acids is 1. The lowest BCUT2D eigenvalue weighted by molar-refractivity contribution is -0.119. The number of likely N-dealkylation sites (tertiary alicyclic amines) is 1. The molecule has 8 heteroatoms. The highest BCUT2D eigenvalue weighted by Gasteiger charge is 2.25. The number of ether oxygens (including phenoxy) is 2. The van der Waals surface area contributed by atoms with Crippen molar-refractivity contribution in [2.24, 2.45) is 10.9 Å². The number of nitrogens with zero attached hydrogens (tertiary/aromatic N) is 3. The second-order valence-electron chi connectivity index (χ2n) is 7.74. The van der Waals surface area contributed by atoms with E-state index in [4.69, 9.17) is 9.47 Å². The van der Waals surface area contributed by atoms with E-state index in [0.717, 1.165) is 57.2 Å². The molecule has 0 bridgehead atoms. The fourth-order valence-electron chi connectivity index (χ4n) is 3.94. The molecule has 0 saturated carbocycles. The van der Waals surface area contributed by atoms with Crippen LogP contribution < -0.4 is 10.2 Å². The average molecular weight is 530 g/mol. The number of nitrogens with one attached hydrogen (secondary N) is 1. The van der Waals surface area contributed by atoms with Crippen molar-refractivity contribution in [3.63, 3.8) is 0 Å². The maximum atomic E-state index is 12.1. The van der Waals surface area contributed by atoms with Crippen molar-refractivity contribution in [2.45, 2.75) is 32.2 Å². The van der Waals surface area contributed by atoms with Crippen LogP contribution in [0.3, 0.4) is 0 Å². The van der Waals surface area contributed by atoms with Crippen LogP contribution in [0.1, 0.15) is 31.2 Å². The summed E-state index contributed by atoms with van der Waals surface area (Å²) in [6.07, 6.45) is 3.87. The van der Waals surface area contributed by atoms with E-state index < -0.39 is 0 Å². The van der Waals surface area contributed by atoms with E-state index in [1.807, 2.05) is 24.1 Å². The monoisotopic (exact) mass is 530 g/mol. The van der Waals surface area contributed by atoms with Crippen LogP contribution >= 0.6 is 24.0 Å². The maximum absolute atomic E-state index is 12.1. The Morgan fingerprint density at radius 2 is 2.00 bits per heavy atom. The van der Waals surface area contributed by atoms with E-state index in [1.165, 1.54) is 5.56 Å². The van der Waals surface area contributed by atoms with Gasteiger partial charge in [0, 0.05) is 58.4 Å². The Balaban J connectivity index is 0.00000320. The number of anilines is 1. The fraction of sp³-hybridized carbons (Fsp3) is 0.636. The lowest BCUT2D eigenvalue weighted by Gasteiger charge is -2.27. The number of aliphatic imine (C=N–C) groups is 1. The number of benzene rings is 1. The van der Waals surface area contributed by atoms with Crippen LogP contribution in [0.15, 0.2) is 29.3 Å². The lowest BCUT2D eigenvalue weighted by atomic mass is 10.1. The normalized spacial score (nSPS) is 19.7. The smallest absolute Gasteiger partial charge is 0.226 e. The summed E-state index contributed by atoms with van der Waals surface area (Å²) in [7, 11) is 3.52. The van der Waals surface area contributed by atoms with Gasteiger partial charge in [0.2, 0.25) is 5.91 Å². The summed E-state index contributed by atoms with van der Waals surface area (Å²) in [6, 6.07) is 8.28. The van der Waals surface area contributed by atoms with E-state index in [2.05, 4.69) is 27.3 Å². The van der Waals surface area contributed by atoms with E-state index in [0.29, 0.717) is 32.1 Å². The van der Waals surface area contributed by atoms with E-state index in [1.54, 1.807) is 7.11 Å². The van der Waals surface area contributed by atoms with Gasteiger partial charge in [0.15, 0.2) is 5.96 Å². The molecule has 0 spiro atoms. The number of amides is 1. The minimum atomic E-state index is 0. The number of hydrogen-bond acceptors (Lipinski definition) is 4. The molecule has 1 aromatic carbocycles. The number of halogens is 1. The minimum Gasteiger partial charge on any atom is -0.382 e. The Bertz CT molecular complexity index is 683. The third kappa shape index (κ3) is 7.09. The van der Waals surface area contributed by atoms with Gasteiger partial charge in [-0.1, -0.05) is 12.1 Å². The van der Waals surface area contributed by atoms with Crippen LogP contribution in [0.4, 0.5) is 5.69 Å². The summed E-state index contributed by atoms with van der Waals surface area (Å²) in [6.45, 7) is 5.56. The lowest BCUT2D eigenvalue weighted by Crippen LogP contribution is -2.39. The molecule has 3 rings (SSSR count). The second-order valence-corrected chi connectivity index (χ2v) is 7.74. The highest BCUT2D eigenvalue weighted by molar-refractivity contribution is 14.0. The van der Waals surface area contributed by atoms with Crippen LogP contribution in [0.25, 0.3) is 0 Å². The van der Waals surface area contributed by atoms with Crippen LogP contribution in [0, 0.1) is 5.92 Å². The Labute approximate surface area is 197 Å². The van der Waals surface area contributed by atoms with Gasteiger partial charge in [-0.15, -0.1) is 24.0 Å². The molecule has 30 heavy (non-hydrogen) atoms. The first-order valence-corrected chi connectivity index (χ1v) is 10.6. The molecular formula is C22H35IN4O3. The topological polar surface area (TPSA) is 66.4 Å². The molecule has 1 N–H and O–H groups in total. The van der Waals surface area contributed by atoms with Crippen molar-refractivity contribution >= 4 is 41.5 Å². The molecule has 2 aliphatic heterocycles. The average Bonchev–Trinajstić information content (AvgIpc) is 3.21. The third-order valence-corrected chi connectivity index (χ3v) is 5.60. The number of carbonyl (C=O) groups is 1. The molecule has 168 valence electrons. The predicted octanol–water partition coefficient (Wildman–Crippen LogP) is 2.88. The fourth-order valence-corrected chi connectivity index (χ4v) is 3.94. The summed E-state index contributed by atoms with van der Waals surface area (Å²) in [4.78, 5) is 20.7. The standard InChI is InChI=1S/C22H34N4O3.HI/c1-23-22(25-12-10-19(16-25)17-29-14-13-28-2)24-15-18-6-8-20(9-7-18)26-11-4-3-5-21(26)27;/h6-9,19H,3-5,10-17H2,1-2H3,(H,23,24);1H. The second kappa shape index (κ2) is 13.1. The summed E-state index contributed by atoms with van der Waals surface area (Å²) >= 11 is 0. The SMILES string of the molecule is CN=C(NCc1ccc(N2CCCCC2=O)cc1)N1CCC(COCCOC)C1.I. The van der Waals surface area contributed by atoms with Crippen LogP contribution in [0.2, 0.25) is 0 Å². The zero-order chi connectivity index (χ0) is 20.5. The van der Waals surface area contributed by atoms with Gasteiger partial charge >= 0.3 is 0 Å². The molecule has 0 aliphatic carbocycles. The van der Waals surface area contributed by atoms with Crippen LogP contribution in [-0.2, 0) is 20.8 Å². The highest BCUT2D eigenvalue weighted by atomic mass is 127. The largest absolute Gasteiger partial charge is 0.382 e. The summed E-state index contributed by atoms with van der Waals surface area (Å²) in [5.41, 5.74) is 2.18. The van der Waals surface area contributed by atoms with E-state index >= 15 is 0 Å². The number of rotatable bonds is 8. The predicted molar refractivity (Wildman–Crippen MR) is 131 cm³/mol. The summed E-state index contributed by atoms with van der Waals surface area (Å²) in [5, 5.41) is 3.47. The zero-order valence-electron chi connectivity index (χ0n) is 18.1. The molecular weight excluding hydrogens is 495 g/mol. The van der Waals surface area contributed by atoms with Gasteiger partial charge < -0.3 is 24.6 Å². The Kier molecular flexibility index (Phi) is 10.9.